The third-order valence-corrected chi connectivity index (χ3v) is 4.81. The highest BCUT2D eigenvalue weighted by Crippen LogP contribution is 2.29. The smallest absolute Gasteiger partial charge is 0.208 e. The van der Waals surface area contributed by atoms with Gasteiger partial charge in [0.15, 0.2) is 12.8 Å². The number of aryl methyl sites for hydroxylation is 3. The largest absolute Gasteiger partial charge is 1.00 e. The van der Waals surface area contributed by atoms with Crippen LogP contribution in [0.15, 0.2) is 42.5 Å². The van der Waals surface area contributed by atoms with Crippen LogP contribution in [0, 0.1) is 13.8 Å². The summed E-state index contributed by atoms with van der Waals surface area (Å²) in [6.45, 7) is 5.40. The Kier molecular flexibility index (Phi) is 4.15. The molecule has 2 aromatic carbocycles. The first-order valence-electron chi connectivity index (χ1n) is 7.90. The van der Waals surface area contributed by atoms with E-state index in [1.54, 1.807) is 0 Å². The van der Waals surface area contributed by atoms with E-state index in [2.05, 4.69) is 78.7 Å². The van der Waals surface area contributed by atoms with Crippen molar-refractivity contribution in [1.29, 1.82) is 0 Å². The quantitative estimate of drug-likeness (QED) is 0.568. The topological polar surface area (TPSA) is 7.94 Å². The van der Waals surface area contributed by atoms with Crippen molar-refractivity contribution in [1.82, 2.24) is 4.57 Å². The third-order valence-electron chi connectivity index (χ3n) is 4.81. The maximum atomic E-state index is 2.39. The Hall–Kier alpha value is -1.87. The summed E-state index contributed by atoms with van der Waals surface area (Å²) >= 11 is 0. The van der Waals surface area contributed by atoms with Gasteiger partial charge in [-0.1, -0.05) is 29.8 Å². The second-order valence-corrected chi connectivity index (χ2v) is 6.30. The van der Waals surface area contributed by atoms with Crippen LogP contribution in [0.3, 0.4) is 0 Å². The van der Waals surface area contributed by atoms with E-state index >= 15 is 0 Å². The van der Waals surface area contributed by atoms with Gasteiger partial charge in [-0.25, -0.2) is 0 Å². The molecule has 0 unspecified atom stereocenters. The highest BCUT2D eigenvalue weighted by molar-refractivity contribution is 5.94. The summed E-state index contributed by atoms with van der Waals surface area (Å²) in [6.07, 6.45) is 3.41. The molecule has 1 aliphatic heterocycles. The molecular weight excluding hydrogens is 348 g/mol. The van der Waals surface area contributed by atoms with Gasteiger partial charge in [-0.05, 0) is 31.5 Å². The van der Waals surface area contributed by atoms with Gasteiger partial charge in [-0.2, -0.15) is 4.58 Å². The first-order chi connectivity index (χ1) is 10.6. The molecule has 3 heteroatoms. The Balaban J connectivity index is 0.00000156. The van der Waals surface area contributed by atoms with Crippen LogP contribution in [0.5, 0.6) is 0 Å². The predicted molar refractivity (Wildman–Crippen MR) is 92.5 cm³/mol. The van der Waals surface area contributed by atoms with Crippen molar-refractivity contribution in [3.8, 4) is 0 Å². The van der Waals surface area contributed by atoms with Gasteiger partial charge in [0.25, 0.3) is 0 Å². The van der Waals surface area contributed by atoms with Crippen molar-refractivity contribution in [3.63, 3.8) is 0 Å². The van der Waals surface area contributed by atoms with Gasteiger partial charge in [0.2, 0.25) is 5.69 Å². The minimum absolute atomic E-state index is 0. The minimum atomic E-state index is 0. The molecule has 0 aliphatic carbocycles. The Labute approximate surface area is 147 Å². The monoisotopic (exact) mass is 368 g/mol. The predicted octanol–water partition coefficient (Wildman–Crippen LogP) is 1.12. The Morgan fingerprint density at radius 1 is 1.04 bits per heavy atom. The van der Waals surface area contributed by atoms with Crippen LogP contribution in [-0.4, -0.2) is 21.9 Å². The molecule has 1 aromatic heterocycles. The Bertz CT molecular complexity index is 919. The Morgan fingerprint density at radius 2 is 1.83 bits per heavy atom. The van der Waals surface area contributed by atoms with E-state index in [9.17, 15) is 0 Å². The number of nitrogens with zero attached hydrogens (tertiary/aromatic N) is 2. The summed E-state index contributed by atoms with van der Waals surface area (Å²) in [4.78, 5) is 0. The molecule has 3 aromatic rings. The molecule has 0 saturated carbocycles. The van der Waals surface area contributed by atoms with Crippen molar-refractivity contribution >= 4 is 22.8 Å². The van der Waals surface area contributed by atoms with E-state index in [0.717, 1.165) is 13.0 Å². The summed E-state index contributed by atoms with van der Waals surface area (Å²) in [5.41, 5.74) is 8.15. The lowest BCUT2D eigenvalue weighted by Gasteiger charge is -2.11. The van der Waals surface area contributed by atoms with Crippen LogP contribution in [0.25, 0.3) is 10.9 Å². The number of para-hydroxylation sites is 1. The van der Waals surface area contributed by atoms with Gasteiger partial charge < -0.3 is 21.5 Å². The fraction of sp³-hybridized carbons (Fsp3) is 0.250. The van der Waals surface area contributed by atoms with Crippen LogP contribution in [0.1, 0.15) is 22.4 Å². The molecule has 23 heavy (non-hydrogen) atoms. The van der Waals surface area contributed by atoms with Crippen LogP contribution in [0.2, 0.25) is 0 Å². The van der Waals surface area contributed by atoms with E-state index < -0.39 is 0 Å². The van der Waals surface area contributed by atoms with Crippen molar-refractivity contribution in [2.75, 3.05) is 6.54 Å². The average molecular weight is 369 g/mol. The fourth-order valence-electron chi connectivity index (χ4n) is 3.60. The molecule has 2 nitrogen and oxygen atoms in total. The zero-order chi connectivity index (χ0) is 15.3. The molecule has 0 fully saturated rings. The number of rotatable bonds is 1. The van der Waals surface area contributed by atoms with Crippen molar-refractivity contribution < 1.29 is 21.6 Å². The maximum absolute atomic E-state index is 2.39. The highest BCUT2D eigenvalue weighted by Gasteiger charge is 2.24. The first-order valence-corrected chi connectivity index (χ1v) is 7.90. The molecule has 0 atom stereocenters. The number of hydrogen-bond acceptors (Lipinski definition) is 0. The second kappa shape index (κ2) is 5.97. The van der Waals surface area contributed by atoms with Gasteiger partial charge in [0.05, 0.1) is 0 Å². The molecule has 0 saturated heterocycles. The molecule has 0 radical (unpaired) electrons. The summed E-state index contributed by atoms with van der Waals surface area (Å²) < 4.78 is 4.72. The Morgan fingerprint density at radius 3 is 2.61 bits per heavy atom. The van der Waals surface area contributed by atoms with Crippen LogP contribution >= 0.6 is 0 Å². The number of fused-ring (bicyclic) bond motifs is 3. The molecule has 0 amide bonds. The number of halogens is 1. The van der Waals surface area contributed by atoms with Crippen molar-refractivity contribution in [2.45, 2.75) is 20.3 Å². The number of benzene rings is 2. The SMILES string of the molecule is Cc1ccc2c(c1)c1c(n2C)C=[N+](c2ccccc2C)CC1.[Br-]. The summed E-state index contributed by atoms with van der Waals surface area (Å²) in [5, 5.41) is 1.41. The van der Waals surface area contributed by atoms with E-state index in [1.165, 1.54) is 39.0 Å². The van der Waals surface area contributed by atoms with Crippen molar-refractivity contribution in [3.05, 3.63) is 64.8 Å². The molecule has 1 aliphatic rings. The third kappa shape index (κ3) is 2.53. The van der Waals surface area contributed by atoms with Crippen LogP contribution in [0.4, 0.5) is 5.69 Å². The maximum Gasteiger partial charge on any atom is 0.208 e. The minimum Gasteiger partial charge on any atom is -1.00 e. The molecule has 0 N–H and O–H groups in total. The van der Waals surface area contributed by atoms with Crippen LogP contribution < -0.4 is 17.0 Å². The van der Waals surface area contributed by atoms with E-state index in [1.807, 2.05) is 0 Å². The van der Waals surface area contributed by atoms with Crippen LogP contribution in [-0.2, 0) is 13.5 Å². The lowest BCUT2D eigenvalue weighted by Crippen LogP contribution is -3.00. The summed E-state index contributed by atoms with van der Waals surface area (Å²) in [7, 11) is 2.17. The molecule has 4 rings (SSSR count). The first kappa shape index (κ1) is 16.0. The van der Waals surface area contributed by atoms with E-state index in [-0.39, 0.29) is 17.0 Å². The van der Waals surface area contributed by atoms with Gasteiger partial charge in [0, 0.05) is 36.0 Å². The van der Waals surface area contributed by atoms with E-state index in [0.29, 0.717) is 0 Å². The van der Waals surface area contributed by atoms with Crippen molar-refractivity contribution in [2.24, 2.45) is 7.05 Å². The lowest BCUT2D eigenvalue weighted by atomic mass is 10.0. The number of aromatic nitrogens is 1. The molecule has 0 spiro atoms. The normalized spacial score (nSPS) is 13.4. The zero-order valence-corrected chi connectivity index (χ0v) is 15.4. The molecule has 2 heterocycles. The molecular formula is C20H21BrN2. The van der Waals surface area contributed by atoms with E-state index in [4.69, 9.17) is 0 Å². The van der Waals surface area contributed by atoms with Gasteiger partial charge in [0.1, 0.15) is 5.69 Å². The standard InChI is InChI=1S/C20H21N2.BrH/c1-14-8-9-19-17(12-14)16-10-11-22(13-20(16)21(19)3)18-7-5-4-6-15(18)2;/h4-9,12-13H,10-11H2,1-3H3;1H/q+1;/p-1. The molecule has 0 bridgehead atoms. The summed E-state index contributed by atoms with van der Waals surface area (Å²) in [5.74, 6) is 0. The number of hydrogen-bond donors (Lipinski definition) is 0. The zero-order valence-electron chi connectivity index (χ0n) is 13.8. The lowest BCUT2D eigenvalue weighted by molar-refractivity contribution is -0.436. The average Bonchev–Trinajstić information content (AvgIpc) is 2.80. The summed E-state index contributed by atoms with van der Waals surface area (Å²) in [6, 6.07) is 15.4. The van der Waals surface area contributed by atoms with Gasteiger partial charge >= 0.3 is 0 Å². The molecule has 118 valence electrons. The van der Waals surface area contributed by atoms with Gasteiger partial charge in [-0.3, -0.25) is 0 Å². The van der Waals surface area contributed by atoms with Gasteiger partial charge in [-0.15, -0.1) is 0 Å². The fourth-order valence-corrected chi connectivity index (χ4v) is 3.60. The highest BCUT2D eigenvalue weighted by atomic mass is 79.9. The second-order valence-electron chi connectivity index (χ2n) is 6.30.